The Hall–Kier alpha value is -3.26. The molecule has 2 aliphatic rings. The van der Waals surface area contributed by atoms with Gasteiger partial charge in [-0.15, -0.1) is 0 Å². The average Bonchev–Trinajstić information content (AvgIpc) is 3.08. The van der Waals surface area contributed by atoms with Crippen molar-refractivity contribution in [2.24, 2.45) is 5.41 Å². The number of rotatable bonds is 14. The molecule has 2 aromatic carbocycles. The van der Waals surface area contributed by atoms with Crippen molar-refractivity contribution in [1.82, 2.24) is 0 Å². The van der Waals surface area contributed by atoms with Gasteiger partial charge in [0.1, 0.15) is 35.9 Å². The molecule has 55 heavy (non-hydrogen) atoms. The van der Waals surface area contributed by atoms with Gasteiger partial charge in [-0.3, -0.25) is 9.59 Å². The molecule has 0 bridgehead atoms. The zero-order chi connectivity index (χ0) is 41.0. The summed E-state index contributed by atoms with van der Waals surface area (Å²) in [6.07, 6.45) is 1.36. The lowest BCUT2D eigenvalue weighted by Crippen LogP contribution is -2.55. The lowest BCUT2D eigenvalue weighted by Gasteiger charge is -2.45. The van der Waals surface area contributed by atoms with E-state index in [-0.39, 0.29) is 75.3 Å². The standard InChI is InChI=1S/C43H64O12/c1-27-17-29(19-31(35(27)46)39(3,4)5)13-15-33(44)48-21-41(9,10)54-37-50-23-43(24-51-37)25-52-38(53-26-43)55-42(11,12)22-49-34(45)16-14-30-18-28(2)36(47)32(20-30)40(6,7)8/h17-20,37-38,46-47H,13-16,21-26H2,1-12H3. The van der Waals surface area contributed by atoms with E-state index in [2.05, 4.69) is 0 Å². The molecule has 2 aliphatic heterocycles. The number of hydrogen-bond donors (Lipinski definition) is 2. The number of esters is 2. The van der Waals surface area contributed by atoms with Gasteiger partial charge in [-0.25, -0.2) is 0 Å². The first-order valence-corrected chi connectivity index (χ1v) is 19.2. The number of carbonyl (C=O) groups is 2. The van der Waals surface area contributed by atoms with Crippen molar-refractivity contribution in [2.45, 2.75) is 144 Å². The molecule has 0 amide bonds. The van der Waals surface area contributed by atoms with Crippen LogP contribution in [-0.4, -0.2) is 85.9 Å². The minimum atomic E-state index is -0.962. The third kappa shape index (κ3) is 12.9. The van der Waals surface area contributed by atoms with Gasteiger partial charge in [0.2, 0.25) is 0 Å². The highest BCUT2D eigenvalue weighted by Crippen LogP contribution is 2.36. The van der Waals surface area contributed by atoms with Crippen molar-refractivity contribution in [3.05, 3.63) is 57.6 Å². The molecule has 0 aliphatic carbocycles. The number of carbonyl (C=O) groups excluding carboxylic acids is 2. The molecular formula is C43H64O12. The van der Waals surface area contributed by atoms with E-state index in [4.69, 9.17) is 37.9 Å². The SMILES string of the molecule is Cc1cc(CCC(=O)OCC(C)(C)OC2OCC3(CO2)COC(OC(C)(C)COC(=O)CCc2cc(C)c(O)c(C(C)(C)C)c2)OC3)cc(C(C)(C)C)c1O. The number of benzene rings is 2. The van der Waals surface area contributed by atoms with Crippen LogP contribution < -0.4 is 0 Å². The van der Waals surface area contributed by atoms with Crippen LogP contribution in [0.5, 0.6) is 11.5 Å². The molecule has 0 saturated carbocycles. The first-order chi connectivity index (χ1) is 25.4. The van der Waals surface area contributed by atoms with E-state index in [1.54, 1.807) is 27.7 Å². The molecule has 0 atom stereocenters. The molecule has 1 spiro atoms. The van der Waals surface area contributed by atoms with Crippen LogP contribution in [0.25, 0.3) is 0 Å². The van der Waals surface area contributed by atoms with E-state index in [0.717, 1.165) is 33.4 Å². The van der Waals surface area contributed by atoms with E-state index in [0.29, 0.717) is 24.3 Å². The van der Waals surface area contributed by atoms with E-state index in [1.165, 1.54) is 0 Å². The highest BCUT2D eigenvalue weighted by atomic mass is 16.9. The fourth-order valence-corrected chi connectivity index (χ4v) is 6.34. The second kappa shape index (κ2) is 17.5. The van der Waals surface area contributed by atoms with Crippen molar-refractivity contribution >= 4 is 11.9 Å². The van der Waals surface area contributed by atoms with Crippen LogP contribution in [0.2, 0.25) is 0 Å². The summed E-state index contributed by atoms with van der Waals surface area (Å²) in [6.45, 7) is 22.3. The van der Waals surface area contributed by atoms with Crippen molar-refractivity contribution < 1.29 is 57.7 Å². The second-order valence-electron chi connectivity index (χ2n) is 18.5. The number of aromatic hydroxyl groups is 2. The summed E-state index contributed by atoms with van der Waals surface area (Å²) in [4.78, 5) is 25.3. The van der Waals surface area contributed by atoms with Crippen LogP contribution in [0.1, 0.15) is 115 Å². The molecule has 2 aromatic rings. The summed E-state index contributed by atoms with van der Waals surface area (Å²) in [7, 11) is 0. The van der Waals surface area contributed by atoms with E-state index < -0.39 is 29.6 Å². The summed E-state index contributed by atoms with van der Waals surface area (Å²) in [5, 5.41) is 21.0. The van der Waals surface area contributed by atoms with Gasteiger partial charge in [0.25, 0.3) is 13.0 Å². The Morgan fingerprint density at radius 3 is 1.25 bits per heavy atom. The normalized spacial score (nSPS) is 21.1. The van der Waals surface area contributed by atoms with Gasteiger partial charge in [0.15, 0.2) is 0 Å². The predicted octanol–water partition coefficient (Wildman–Crippen LogP) is 7.20. The van der Waals surface area contributed by atoms with Gasteiger partial charge < -0.3 is 48.1 Å². The first kappa shape index (κ1) is 44.5. The molecule has 12 nitrogen and oxygen atoms in total. The molecule has 0 radical (unpaired) electrons. The maximum atomic E-state index is 12.6. The Morgan fingerprint density at radius 2 is 0.945 bits per heavy atom. The van der Waals surface area contributed by atoms with Gasteiger partial charge in [-0.05, 0) is 98.6 Å². The molecule has 2 heterocycles. The Labute approximate surface area is 327 Å². The summed E-state index contributed by atoms with van der Waals surface area (Å²) in [5.74, 6) is -0.125. The fraction of sp³-hybridized carbons (Fsp3) is 0.674. The summed E-state index contributed by atoms with van der Waals surface area (Å²) in [5.41, 5.74) is 2.41. The minimum absolute atomic E-state index is 0.00871. The zero-order valence-electron chi connectivity index (χ0n) is 35.0. The topological polar surface area (TPSA) is 148 Å². The monoisotopic (exact) mass is 772 g/mol. The average molecular weight is 773 g/mol. The largest absolute Gasteiger partial charge is 0.507 e. The molecule has 0 aromatic heterocycles. The zero-order valence-corrected chi connectivity index (χ0v) is 35.0. The smallest absolute Gasteiger partial charge is 0.306 e. The molecule has 0 unspecified atom stereocenters. The Bertz CT molecular complexity index is 1510. The second-order valence-corrected chi connectivity index (χ2v) is 18.5. The summed E-state index contributed by atoms with van der Waals surface area (Å²) < 4.78 is 46.7. The Morgan fingerprint density at radius 1 is 0.618 bits per heavy atom. The molecule has 12 heteroatoms. The van der Waals surface area contributed by atoms with Gasteiger partial charge >= 0.3 is 11.9 Å². The third-order valence-corrected chi connectivity index (χ3v) is 9.67. The van der Waals surface area contributed by atoms with Gasteiger partial charge in [0.05, 0.1) is 31.8 Å². The number of ether oxygens (including phenoxy) is 8. The van der Waals surface area contributed by atoms with Gasteiger partial charge in [0, 0.05) is 12.8 Å². The maximum absolute atomic E-state index is 12.6. The first-order valence-electron chi connectivity index (χ1n) is 19.2. The fourth-order valence-electron chi connectivity index (χ4n) is 6.34. The highest BCUT2D eigenvalue weighted by Gasteiger charge is 2.45. The van der Waals surface area contributed by atoms with Crippen molar-refractivity contribution in [3.63, 3.8) is 0 Å². The minimum Gasteiger partial charge on any atom is -0.507 e. The van der Waals surface area contributed by atoms with Crippen LogP contribution in [-0.2, 0) is 71.2 Å². The van der Waals surface area contributed by atoms with E-state index in [1.807, 2.05) is 79.7 Å². The number of phenolic OH excluding ortho intramolecular Hbond substituents is 2. The number of phenols is 2. The number of aryl methyl sites for hydroxylation is 4. The van der Waals surface area contributed by atoms with Gasteiger partial charge in [-0.2, -0.15) is 0 Å². The third-order valence-electron chi connectivity index (χ3n) is 9.67. The molecule has 2 N–H and O–H groups in total. The molecule has 308 valence electrons. The Kier molecular flexibility index (Phi) is 14.1. The van der Waals surface area contributed by atoms with Crippen LogP contribution in [0.3, 0.4) is 0 Å². The van der Waals surface area contributed by atoms with Crippen LogP contribution in [0.15, 0.2) is 24.3 Å². The van der Waals surface area contributed by atoms with Crippen molar-refractivity contribution in [1.29, 1.82) is 0 Å². The molecule has 4 rings (SSSR count). The van der Waals surface area contributed by atoms with E-state index >= 15 is 0 Å². The quantitative estimate of drug-likeness (QED) is 0.187. The van der Waals surface area contributed by atoms with Crippen LogP contribution in [0.4, 0.5) is 0 Å². The molecule has 2 saturated heterocycles. The van der Waals surface area contributed by atoms with Crippen LogP contribution in [0, 0.1) is 19.3 Å². The van der Waals surface area contributed by atoms with Crippen molar-refractivity contribution in [2.75, 3.05) is 39.6 Å². The van der Waals surface area contributed by atoms with Crippen LogP contribution >= 0.6 is 0 Å². The molecular weight excluding hydrogens is 708 g/mol. The number of hydrogen-bond acceptors (Lipinski definition) is 12. The van der Waals surface area contributed by atoms with Gasteiger partial charge in [-0.1, -0.05) is 65.8 Å². The Balaban J connectivity index is 1.14. The summed E-state index contributed by atoms with van der Waals surface area (Å²) >= 11 is 0. The predicted molar refractivity (Wildman–Crippen MR) is 206 cm³/mol. The molecule has 2 fully saturated rings. The van der Waals surface area contributed by atoms with Crippen molar-refractivity contribution in [3.8, 4) is 11.5 Å². The van der Waals surface area contributed by atoms with E-state index in [9.17, 15) is 19.8 Å². The summed E-state index contributed by atoms with van der Waals surface area (Å²) in [6, 6.07) is 7.71. The maximum Gasteiger partial charge on any atom is 0.306 e. The lowest BCUT2D eigenvalue weighted by atomic mass is 9.83. The lowest BCUT2D eigenvalue weighted by molar-refractivity contribution is -0.411. The highest BCUT2D eigenvalue weighted by molar-refractivity contribution is 5.70.